The Hall–Kier alpha value is -3.26. The maximum atomic E-state index is 13.0. The summed E-state index contributed by atoms with van der Waals surface area (Å²) in [5.41, 5.74) is 3.11. The van der Waals surface area contributed by atoms with Crippen LogP contribution in [0.3, 0.4) is 0 Å². The fourth-order valence-electron chi connectivity index (χ4n) is 3.02. The molecule has 28 heavy (non-hydrogen) atoms. The molecule has 1 N–H and O–H groups in total. The summed E-state index contributed by atoms with van der Waals surface area (Å²) in [6.07, 6.45) is 7.70. The van der Waals surface area contributed by atoms with Gasteiger partial charge in [0.1, 0.15) is 5.76 Å². The lowest BCUT2D eigenvalue weighted by atomic mass is 10.0. The van der Waals surface area contributed by atoms with E-state index in [4.69, 9.17) is 4.52 Å². The van der Waals surface area contributed by atoms with Crippen molar-refractivity contribution in [2.75, 3.05) is 0 Å². The van der Waals surface area contributed by atoms with Crippen molar-refractivity contribution in [3.05, 3.63) is 88.0 Å². The predicted octanol–water partition coefficient (Wildman–Crippen LogP) is 3.40. The van der Waals surface area contributed by atoms with Gasteiger partial charge >= 0.3 is 0 Å². The minimum Gasteiger partial charge on any atom is -0.361 e. The number of aryl methyl sites for hydroxylation is 1. The van der Waals surface area contributed by atoms with Crippen molar-refractivity contribution in [3.8, 4) is 0 Å². The molecule has 142 valence electrons. The summed E-state index contributed by atoms with van der Waals surface area (Å²) in [4.78, 5) is 17.2. The van der Waals surface area contributed by atoms with Gasteiger partial charge in [0, 0.05) is 30.4 Å². The molecule has 0 radical (unpaired) electrons. The van der Waals surface area contributed by atoms with Crippen LogP contribution >= 0.6 is 11.3 Å². The van der Waals surface area contributed by atoms with Gasteiger partial charge in [-0.15, -0.1) is 0 Å². The second kappa shape index (κ2) is 8.18. The molecule has 1 amide bonds. The molecule has 4 aromatic rings. The maximum absolute atomic E-state index is 13.0. The van der Waals surface area contributed by atoms with Crippen LogP contribution in [0, 0.1) is 6.92 Å². The van der Waals surface area contributed by atoms with Gasteiger partial charge in [0.05, 0.1) is 12.6 Å². The van der Waals surface area contributed by atoms with E-state index in [2.05, 4.69) is 32.0 Å². The number of nitrogens with one attached hydrogen (secondary N) is 1. The molecule has 0 aliphatic heterocycles. The average molecular weight is 393 g/mol. The molecule has 7 nitrogen and oxygen atoms in total. The number of amides is 1. The summed E-state index contributed by atoms with van der Waals surface area (Å²) in [6, 6.07) is 7.50. The van der Waals surface area contributed by atoms with E-state index in [0.717, 1.165) is 16.7 Å². The number of hydrogen-bond donors (Lipinski definition) is 1. The number of carbonyl (C=O) groups excluding carboxylic acids is 1. The van der Waals surface area contributed by atoms with Gasteiger partial charge in [0.25, 0.3) is 5.91 Å². The molecule has 1 unspecified atom stereocenters. The van der Waals surface area contributed by atoms with E-state index in [9.17, 15) is 4.79 Å². The second-order valence-corrected chi connectivity index (χ2v) is 7.20. The minimum atomic E-state index is -0.275. The standard InChI is InChI=1S/C20H19N5O2S/c1-14-17(12-25-8-3-7-22-25)19(24-27-14)20(26)23-18(10-15-5-9-28-13-15)16-4-2-6-21-11-16/h2-9,11,13,18H,10,12H2,1H3,(H,23,26). The molecule has 0 aliphatic carbocycles. The normalized spacial score (nSPS) is 12.0. The first kappa shape index (κ1) is 18.1. The zero-order valence-corrected chi connectivity index (χ0v) is 16.1. The highest BCUT2D eigenvalue weighted by Crippen LogP contribution is 2.21. The van der Waals surface area contributed by atoms with Gasteiger partial charge in [0.15, 0.2) is 5.69 Å². The molecule has 4 heterocycles. The highest BCUT2D eigenvalue weighted by molar-refractivity contribution is 7.07. The van der Waals surface area contributed by atoms with Gasteiger partial charge in [-0.1, -0.05) is 11.2 Å². The quantitative estimate of drug-likeness (QED) is 0.520. The predicted molar refractivity (Wildman–Crippen MR) is 105 cm³/mol. The fraction of sp³-hybridized carbons (Fsp3) is 0.200. The summed E-state index contributed by atoms with van der Waals surface area (Å²) in [6.45, 7) is 2.22. The lowest BCUT2D eigenvalue weighted by molar-refractivity contribution is 0.0926. The summed E-state index contributed by atoms with van der Waals surface area (Å²) < 4.78 is 7.03. The summed E-state index contributed by atoms with van der Waals surface area (Å²) in [7, 11) is 0. The van der Waals surface area contributed by atoms with Crippen LogP contribution in [0.4, 0.5) is 0 Å². The first-order valence-electron chi connectivity index (χ1n) is 8.85. The molecule has 0 saturated heterocycles. The van der Waals surface area contributed by atoms with Gasteiger partial charge in [0.2, 0.25) is 0 Å². The zero-order chi connectivity index (χ0) is 19.3. The van der Waals surface area contributed by atoms with Crippen molar-refractivity contribution in [2.45, 2.75) is 25.9 Å². The van der Waals surface area contributed by atoms with Crippen molar-refractivity contribution < 1.29 is 9.32 Å². The first-order valence-corrected chi connectivity index (χ1v) is 9.79. The number of aromatic nitrogens is 4. The molecule has 4 aromatic heterocycles. The molecule has 0 aliphatic rings. The Labute approximate surface area is 166 Å². The van der Waals surface area contributed by atoms with Crippen LogP contribution in [0.5, 0.6) is 0 Å². The Bertz CT molecular complexity index is 1030. The smallest absolute Gasteiger partial charge is 0.274 e. The average Bonchev–Trinajstić information content (AvgIpc) is 3.46. The van der Waals surface area contributed by atoms with E-state index in [1.165, 1.54) is 0 Å². The molecule has 0 aromatic carbocycles. The molecule has 0 bridgehead atoms. The van der Waals surface area contributed by atoms with E-state index in [1.807, 2.05) is 29.8 Å². The minimum absolute atomic E-state index is 0.217. The number of thiophene rings is 1. The van der Waals surface area contributed by atoms with Crippen molar-refractivity contribution in [3.63, 3.8) is 0 Å². The Morgan fingerprint density at radius 3 is 2.96 bits per heavy atom. The van der Waals surface area contributed by atoms with Crippen LogP contribution in [0.1, 0.15) is 39.0 Å². The van der Waals surface area contributed by atoms with Gasteiger partial charge in [-0.3, -0.25) is 14.5 Å². The Morgan fingerprint density at radius 2 is 2.25 bits per heavy atom. The maximum Gasteiger partial charge on any atom is 0.274 e. The van der Waals surface area contributed by atoms with Crippen molar-refractivity contribution >= 4 is 17.2 Å². The third-order valence-electron chi connectivity index (χ3n) is 4.49. The molecule has 1 atom stereocenters. The summed E-state index contributed by atoms with van der Waals surface area (Å²) in [5.74, 6) is 0.333. The number of rotatable bonds is 7. The number of carbonyl (C=O) groups is 1. The Kier molecular flexibility index (Phi) is 5.29. The number of hydrogen-bond acceptors (Lipinski definition) is 6. The molecule has 4 rings (SSSR count). The van der Waals surface area contributed by atoms with E-state index >= 15 is 0 Å². The fourth-order valence-corrected chi connectivity index (χ4v) is 3.70. The van der Waals surface area contributed by atoms with E-state index in [-0.39, 0.29) is 17.6 Å². The topological polar surface area (TPSA) is 85.8 Å². The molecule has 0 fully saturated rings. The molecule has 0 saturated carbocycles. The molecular formula is C20H19N5O2S. The van der Waals surface area contributed by atoms with E-state index in [0.29, 0.717) is 18.7 Å². The first-order chi connectivity index (χ1) is 13.7. The monoisotopic (exact) mass is 393 g/mol. The van der Waals surface area contributed by atoms with Gasteiger partial charge in [-0.2, -0.15) is 16.4 Å². The van der Waals surface area contributed by atoms with Crippen LogP contribution in [-0.4, -0.2) is 25.8 Å². The third kappa shape index (κ3) is 4.01. The van der Waals surface area contributed by atoms with E-state index in [1.54, 1.807) is 41.5 Å². The molecule has 8 heteroatoms. The summed E-state index contributed by atoms with van der Waals surface area (Å²) >= 11 is 1.63. The van der Waals surface area contributed by atoms with Crippen LogP contribution in [-0.2, 0) is 13.0 Å². The highest BCUT2D eigenvalue weighted by Gasteiger charge is 2.24. The molecule has 0 spiro atoms. The van der Waals surface area contributed by atoms with Crippen LogP contribution in [0.2, 0.25) is 0 Å². The van der Waals surface area contributed by atoms with Crippen LogP contribution in [0.15, 0.2) is 64.3 Å². The Morgan fingerprint density at radius 1 is 1.32 bits per heavy atom. The SMILES string of the molecule is Cc1onc(C(=O)NC(Cc2ccsc2)c2cccnc2)c1Cn1cccn1. The largest absolute Gasteiger partial charge is 0.361 e. The Balaban J connectivity index is 1.58. The summed E-state index contributed by atoms with van der Waals surface area (Å²) in [5, 5.41) is 15.4. The van der Waals surface area contributed by atoms with Crippen molar-refractivity contribution in [1.29, 1.82) is 0 Å². The van der Waals surface area contributed by atoms with E-state index < -0.39 is 0 Å². The second-order valence-electron chi connectivity index (χ2n) is 6.42. The van der Waals surface area contributed by atoms with Gasteiger partial charge < -0.3 is 9.84 Å². The molecular weight excluding hydrogens is 374 g/mol. The van der Waals surface area contributed by atoms with Crippen molar-refractivity contribution in [1.82, 2.24) is 25.2 Å². The lowest BCUT2D eigenvalue weighted by Crippen LogP contribution is -2.31. The van der Waals surface area contributed by atoms with Crippen LogP contribution in [0.25, 0.3) is 0 Å². The number of pyridine rings is 1. The lowest BCUT2D eigenvalue weighted by Gasteiger charge is -2.18. The van der Waals surface area contributed by atoms with Crippen LogP contribution < -0.4 is 5.32 Å². The van der Waals surface area contributed by atoms with Crippen molar-refractivity contribution in [2.24, 2.45) is 0 Å². The zero-order valence-electron chi connectivity index (χ0n) is 15.3. The van der Waals surface area contributed by atoms with Gasteiger partial charge in [-0.25, -0.2) is 0 Å². The third-order valence-corrected chi connectivity index (χ3v) is 5.22. The highest BCUT2D eigenvalue weighted by atomic mass is 32.1. The number of nitrogens with zero attached hydrogens (tertiary/aromatic N) is 4. The van der Waals surface area contributed by atoms with Gasteiger partial charge in [-0.05, 0) is 53.4 Å².